The van der Waals surface area contributed by atoms with Crippen LogP contribution in [0.1, 0.15) is 37.8 Å². The number of hydrogen-bond acceptors (Lipinski definition) is 7. The molecule has 8 heteroatoms. The monoisotopic (exact) mass is 439 g/mol. The molecule has 3 aromatic rings. The number of hydrogen-bond donors (Lipinski definition) is 4. The summed E-state index contributed by atoms with van der Waals surface area (Å²) in [7, 11) is 1.76. The first-order chi connectivity index (χ1) is 15.2. The molecule has 1 atom stereocenters. The van der Waals surface area contributed by atoms with Crippen molar-refractivity contribution in [2.75, 3.05) is 26.9 Å². The molecule has 1 saturated heterocycles. The Balaban J connectivity index is 1.95. The van der Waals surface area contributed by atoms with Crippen LogP contribution in [-0.4, -0.2) is 51.6 Å². The fourth-order valence-electron chi connectivity index (χ4n) is 4.60. The summed E-state index contributed by atoms with van der Waals surface area (Å²) in [6.45, 7) is 5.45. The largest absolute Gasteiger partial charge is 0.401 e. The second-order valence-electron chi connectivity index (χ2n) is 9.06. The molecule has 0 amide bonds. The third kappa shape index (κ3) is 4.06. The molecule has 4 rings (SSSR count). The predicted molar refractivity (Wildman–Crippen MR) is 126 cm³/mol. The summed E-state index contributed by atoms with van der Waals surface area (Å²) in [5.41, 5.74) is 10.5. The Hall–Kier alpha value is -2.65. The first-order valence-electron chi connectivity index (χ1n) is 11.0. The maximum Gasteiger partial charge on any atom is 0.110 e. The maximum absolute atomic E-state index is 10.6. The molecule has 3 heterocycles. The predicted octanol–water partition coefficient (Wildman–Crippen LogP) is 2.27. The summed E-state index contributed by atoms with van der Waals surface area (Å²) >= 11 is 0. The zero-order valence-corrected chi connectivity index (χ0v) is 19.0. The van der Waals surface area contributed by atoms with Gasteiger partial charge in [-0.25, -0.2) is 5.84 Å². The van der Waals surface area contributed by atoms with Crippen LogP contribution >= 0.6 is 0 Å². The molecular weight excluding hydrogens is 406 g/mol. The standard InChI is InChI=1S/C24H33N5O3/c1-15(25)23(28(3)26)17-10-21-22(27-12-17)19-5-4-18(24(2,31)14-30)11-20(19)29(21)13-16-6-8-32-9-7-16/h4-5,10-12,16,30-31H,6-9,13-14,25-26H2,1-3H3/b23-15-. The van der Waals surface area contributed by atoms with Crippen LogP contribution in [0.3, 0.4) is 0 Å². The lowest BCUT2D eigenvalue weighted by atomic mass is 9.96. The number of rotatable bonds is 6. The minimum atomic E-state index is -1.32. The summed E-state index contributed by atoms with van der Waals surface area (Å²) in [6.07, 6.45) is 3.80. The molecule has 8 nitrogen and oxygen atoms in total. The van der Waals surface area contributed by atoms with E-state index in [1.54, 1.807) is 20.2 Å². The molecule has 6 N–H and O–H groups in total. The third-order valence-electron chi connectivity index (χ3n) is 6.41. The molecule has 1 aliphatic heterocycles. The van der Waals surface area contributed by atoms with Gasteiger partial charge in [-0.15, -0.1) is 0 Å². The molecule has 1 aliphatic rings. The average molecular weight is 440 g/mol. The van der Waals surface area contributed by atoms with Crippen LogP contribution in [0.2, 0.25) is 0 Å². The number of fused-ring (bicyclic) bond motifs is 3. The second kappa shape index (κ2) is 8.71. The molecule has 1 unspecified atom stereocenters. The average Bonchev–Trinajstić information content (AvgIpc) is 3.06. The minimum absolute atomic E-state index is 0.353. The van der Waals surface area contributed by atoms with Gasteiger partial charge in [-0.1, -0.05) is 12.1 Å². The van der Waals surface area contributed by atoms with E-state index in [9.17, 15) is 10.2 Å². The number of allylic oxidation sites excluding steroid dienone is 1. The van der Waals surface area contributed by atoms with E-state index < -0.39 is 5.60 Å². The van der Waals surface area contributed by atoms with Crippen molar-refractivity contribution in [3.05, 3.63) is 47.3 Å². The molecule has 0 aliphatic carbocycles. The van der Waals surface area contributed by atoms with Crippen molar-refractivity contribution >= 4 is 27.6 Å². The fourth-order valence-corrected chi connectivity index (χ4v) is 4.60. The van der Waals surface area contributed by atoms with E-state index in [-0.39, 0.29) is 6.61 Å². The summed E-state index contributed by atoms with van der Waals surface area (Å²) in [6, 6.07) is 7.88. The van der Waals surface area contributed by atoms with Crippen LogP contribution in [0, 0.1) is 5.92 Å². The van der Waals surface area contributed by atoms with E-state index in [1.165, 1.54) is 5.01 Å². The van der Waals surface area contributed by atoms with Crippen LogP contribution in [-0.2, 0) is 16.9 Å². The van der Waals surface area contributed by atoms with E-state index in [1.807, 2.05) is 25.1 Å². The Kier molecular flexibility index (Phi) is 6.13. The molecule has 0 radical (unpaired) electrons. The van der Waals surface area contributed by atoms with E-state index in [0.717, 1.165) is 65.8 Å². The van der Waals surface area contributed by atoms with Gasteiger partial charge < -0.3 is 30.3 Å². The van der Waals surface area contributed by atoms with Gasteiger partial charge in [0.25, 0.3) is 0 Å². The van der Waals surface area contributed by atoms with Crippen molar-refractivity contribution in [1.29, 1.82) is 0 Å². The number of nitrogens with two attached hydrogens (primary N) is 2. The molecule has 172 valence electrons. The molecule has 0 spiro atoms. The number of nitrogens with zero attached hydrogens (tertiary/aromatic N) is 3. The summed E-state index contributed by atoms with van der Waals surface area (Å²) in [5, 5.41) is 22.8. The highest BCUT2D eigenvalue weighted by Crippen LogP contribution is 2.34. The van der Waals surface area contributed by atoms with Gasteiger partial charge in [-0.2, -0.15) is 0 Å². The Morgan fingerprint density at radius 1 is 1.28 bits per heavy atom. The van der Waals surface area contributed by atoms with E-state index in [2.05, 4.69) is 10.6 Å². The summed E-state index contributed by atoms with van der Waals surface area (Å²) < 4.78 is 7.83. The normalized spacial score (nSPS) is 18.1. The van der Waals surface area contributed by atoms with Gasteiger partial charge in [-0.05, 0) is 50.3 Å². The smallest absolute Gasteiger partial charge is 0.110 e. The molecule has 2 aromatic heterocycles. The third-order valence-corrected chi connectivity index (χ3v) is 6.41. The number of aliphatic hydroxyl groups excluding tert-OH is 1. The van der Waals surface area contributed by atoms with Crippen LogP contribution in [0.25, 0.3) is 27.6 Å². The maximum atomic E-state index is 10.6. The number of ether oxygens (including phenoxy) is 1. The SMILES string of the molecule is C/C(N)=C(\c1cnc2c3ccc(C(C)(O)CO)cc3n(CC3CCOCC3)c2c1)N(C)N. The zero-order chi connectivity index (χ0) is 23.0. The van der Waals surface area contributed by atoms with Gasteiger partial charge >= 0.3 is 0 Å². The van der Waals surface area contributed by atoms with Crippen molar-refractivity contribution < 1.29 is 14.9 Å². The zero-order valence-electron chi connectivity index (χ0n) is 19.0. The van der Waals surface area contributed by atoms with Gasteiger partial charge in [0.05, 0.1) is 28.9 Å². The molecule has 0 bridgehead atoms. The lowest BCUT2D eigenvalue weighted by Gasteiger charge is -2.24. The summed E-state index contributed by atoms with van der Waals surface area (Å²) in [4.78, 5) is 4.79. The topological polar surface area (TPSA) is 123 Å². The highest BCUT2D eigenvalue weighted by atomic mass is 16.5. The number of aliphatic hydroxyl groups is 2. The number of aromatic nitrogens is 2. The first-order valence-corrected chi connectivity index (χ1v) is 11.0. The van der Waals surface area contributed by atoms with Gasteiger partial charge in [-0.3, -0.25) is 4.98 Å². The number of pyridine rings is 1. The van der Waals surface area contributed by atoms with Crippen molar-refractivity contribution in [2.24, 2.45) is 17.5 Å². The Morgan fingerprint density at radius 2 is 2.00 bits per heavy atom. The summed E-state index contributed by atoms with van der Waals surface area (Å²) in [5.74, 6) is 6.54. The number of benzene rings is 1. The van der Waals surface area contributed by atoms with E-state index in [0.29, 0.717) is 17.2 Å². The highest BCUT2D eigenvalue weighted by molar-refractivity contribution is 6.06. The van der Waals surface area contributed by atoms with Crippen molar-refractivity contribution in [3.63, 3.8) is 0 Å². The molecule has 1 fully saturated rings. The van der Waals surface area contributed by atoms with Crippen molar-refractivity contribution in [3.8, 4) is 0 Å². The number of hydrazine groups is 1. The first kappa shape index (κ1) is 22.5. The van der Waals surface area contributed by atoms with Crippen LogP contribution in [0.15, 0.2) is 36.2 Å². The van der Waals surface area contributed by atoms with Gasteiger partial charge in [0, 0.05) is 49.6 Å². The fraction of sp³-hybridized carbons (Fsp3) is 0.458. The van der Waals surface area contributed by atoms with Crippen molar-refractivity contribution in [1.82, 2.24) is 14.6 Å². The Bertz CT molecular complexity index is 1160. The quantitative estimate of drug-likeness (QED) is 0.343. The van der Waals surface area contributed by atoms with Crippen LogP contribution in [0.5, 0.6) is 0 Å². The van der Waals surface area contributed by atoms with E-state index in [4.69, 9.17) is 21.3 Å². The van der Waals surface area contributed by atoms with Crippen LogP contribution < -0.4 is 11.6 Å². The van der Waals surface area contributed by atoms with Crippen molar-refractivity contribution in [2.45, 2.75) is 38.8 Å². The minimum Gasteiger partial charge on any atom is -0.401 e. The van der Waals surface area contributed by atoms with E-state index >= 15 is 0 Å². The highest BCUT2D eigenvalue weighted by Gasteiger charge is 2.25. The molecular formula is C24H33N5O3. The van der Waals surface area contributed by atoms with Gasteiger partial charge in [0.1, 0.15) is 5.60 Å². The van der Waals surface area contributed by atoms with Crippen LogP contribution in [0.4, 0.5) is 0 Å². The lowest BCUT2D eigenvalue weighted by Crippen LogP contribution is -2.26. The second-order valence-corrected chi connectivity index (χ2v) is 9.06. The Labute approximate surface area is 188 Å². The van der Waals surface area contributed by atoms with Gasteiger partial charge in [0.2, 0.25) is 0 Å². The molecule has 0 saturated carbocycles. The Morgan fingerprint density at radius 3 is 2.62 bits per heavy atom. The molecule has 1 aromatic carbocycles. The van der Waals surface area contributed by atoms with Gasteiger partial charge in [0.15, 0.2) is 0 Å². The lowest BCUT2D eigenvalue weighted by molar-refractivity contribution is -0.00219. The molecule has 32 heavy (non-hydrogen) atoms.